The second kappa shape index (κ2) is 12.3. The van der Waals surface area contributed by atoms with Crippen molar-refractivity contribution in [1.29, 1.82) is 0 Å². The van der Waals surface area contributed by atoms with Crippen LogP contribution >= 0.6 is 11.6 Å². The molecule has 6 atom stereocenters. The molecule has 42 heavy (non-hydrogen) atoms. The molecule has 2 fully saturated rings. The van der Waals surface area contributed by atoms with E-state index in [4.69, 9.17) is 35.3 Å². The zero-order chi connectivity index (χ0) is 30.0. The SMILES string of the molecule is CCOC(=O)c1cc([C@@H]2OC3COC(c4ccccc4)O[C@@H]3[C@H](N=[N+]=[N-])C2OC)n(-c2cc(Cl)ccc2C(F)(F)F)n1. The lowest BCUT2D eigenvalue weighted by atomic mass is 9.90. The van der Waals surface area contributed by atoms with Crippen LogP contribution in [0.1, 0.15) is 46.6 Å². The number of carbonyl (C=O) groups excluding carboxylic acids is 1. The van der Waals surface area contributed by atoms with E-state index in [9.17, 15) is 23.5 Å². The maximum absolute atomic E-state index is 14.1. The highest BCUT2D eigenvalue weighted by atomic mass is 35.5. The van der Waals surface area contributed by atoms with Gasteiger partial charge >= 0.3 is 12.1 Å². The van der Waals surface area contributed by atoms with Gasteiger partial charge in [-0.3, -0.25) is 0 Å². The highest BCUT2D eigenvalue weighted by molar-refractivity contribution is 6.30. The molecule has 3 heterocycles. The number of hydrogen-bond donors (Lipinski definition) is 0. The normalized spacial score (nSPS) is 25.8. The summed E-state index contributed by atoms with van der Waals surface area (Å²) in [6.45, 7) is 1.58. The largest absolute Gasteiger partial charge is 0.461 e. The van der Waals surface area contributed by atoms with Crippen molar-refractivity contribution in [1.82, 2.24) is 9.78 Å². The summed E-state index contributed by atoms with van der Waals surface area (Å²) in [5, 5.41) is 8.11. The Balaban J connectivity index is 1.61. The standard InChI is InChI=1S/C27H25ClF3N5O6/c1-3-39-25(37)17-12-19(36(34-17)18-11-15(28)9-10-16(18)27(29,30)31)22-24(38-2)21(33-35-32)23-20(41-22)13-40-26(42-23)14-7-5-4-6-8-14/h4-12,20-24,26H,3,13H2,1-2H3/t20?,21-,22-,23-,24?,26?/m0/s1. The highest BCUT2D eigenvalue weighted by Gasteiger charge is 2.51. The van der Waals surface area contributed by atoms with Gasteiger partial charge in [0.25, 0.3) is 0 Å². The number of azide groups is 1. The lowest BCUT2D eigenvalue weighted by Gasteiger charge is -2.48. The fourth-order valence-corrected chi connectivity index (χ4v) is 5.25. The van der Waals surface area contributed by atoms with Gasteiger partial charge in [-0.1, -0.05) is 47.0 Å². The smallest absolute Gasteiger partial charge is 0.418 e. The van der Waals surface area contributed by atoms with Crippen molar-refractivity contribution in [3.8, 4) is 5.69 Å². The van der Waals surface area contributed by atoms with Crippen LogP contribution in [0.4, 0.5) is 13.2 Å². The van der Waals surface area contributed by atoms with Gasteiger partial charge in [-0.25, -0.2) is 9.48 Å². The van der Waals surface area contributed by atoms with Crippen LogP contribution in [0.15, 0.2) is 59.7 Å². The molecule has 3 aromatic rings. The summed E-state index contributed by atoms with van der Waals surface area (Å²) in [6, 6.07) is 12.3. The number of halogens is 4. The summed E-state index contributed by atoms with van der Waals surface area (Å²) < 4.78 is 72.4. The average Bonchev–Trinajstić information content (AvgIpc) is 3.42. The molecular formula is C27H25ClF3N5O6. The van der Waals surface area contributed by atoms with Crippen LogP contribution in [-0.4, -0.2) is 60.4 Å². The number of methoxy groups -OCH3 is 1. The second-order valence-corrected chi connectivity index (χ2v) is 9.85. The first-order chi connectivity index (χ1) is 20.2. The summed E-state index contributed by atoms with van der Waals surface area (Å²) in [7, 11) is 1.34. The van der Waals surface area contributed by atoms with Gasteiger partial charge in [0, 0.05) is 22.6 Å². The third-order valence-corrected chi connectivity index (χ3v) is 7.12. The van der Waals surface area contributed by atoms with Crippen molar-refractivity contribution in [2.45, 2.75) is 49.8 Å². The monoisotopic (exact) mass is 607 g/mol. The molecule has 2 aliphatic rings. The van der Waals surface area contributed by atoms with Crippen LogP contribution in [0.3, 0.4) is 0 Å². The summed E-state index contributed by atoms with van der Waals surface area (Å²) in [5.74, 6) is -0.864. The Morgan fingerprint density at radius 3 is 2.64 bits per heavy atom. The number of esters is 1. The van der Waals surface area contributed by atoms with Crippen molar-refractivity contribution in [3.63, 3.8) is 0 Å². The van der Waals surface area contributed by atoms with Crippen LogP contribution in [0.25, 0.3) is 16.1 Å². The van der Waals surface area contributed by atoms with Crippen molar-refractivity contribution in [2.24, 2.45) is 5.11 Å². The zero-order valence-electron chi connectivity index (χ0n) is 22.3. The summed E-state index contributed by atoms with van der Waals surface area (Å²) in [6.07, 6.45) is -9.51. The lowest BCUT2D eigenvalue weighted by molar-refractivity contribution is -0.310. The van der Waals surface area contributed by atoms with E-state index in [0.29, 0.717) is 0 Å². The molecule has 0 spiro atoms. The molecule has 1 aromatic heterocycles. The minimum atomic E-state index is -4.79. The molecule has 3 unspecified atom stereocenters. The van der Waals surface area contributed by atoms with Gasteiger partial charge < -0.3 is 23.7 Å². The molecule has 0 amide bonds. The molecule has 0 bridgehead atoms. The van der Waals surface area contributed by atoms with E-state index < -0.39 is 60.1 Å². The molecule has 0 aliphatic carbocycles. The summed E-state index contributed by atoms with van der Waals surface area (Å²) in [5.41, 5.74) is 8.38. The van der Waals surface area contributed by atoms with E-state index in [-0.39, 0.29) is 29.6 Å². The molecule has 11 nitrogen and oxygen atoms in total. The Kier molecular flexibility index (Phi) is 8.73. The van der Waals surface area contributed by atoms with Crippen LogP contribution in [-0.2, 0) is 29.9 Å². The highest BCUT2D eigenvalue weighted by Crippen LogP contribution is 2.43. The third kappa shape index (κ3) is 5.82. The van der Waals surface area contributed by atoms with Crippen molar-refractivity contribution < 1.29 is 41.7 Å². The number of rotatable bonds is 7. The molecule has 222 valence electrons. The first kappa shape index (κ1) is 29.8. The van der Waals surface area contributed by atoms with Gasteiger partial charge in [0.2, 0.25) is 0 Å². The Morgan fingerprint density at radius 2 is 1.98 bits per heavy atom. The van der Waals surface area contributed by atoms with Gasteiger partial charge in [0.1, 0.15) is 24.4 Å². The number of ether oxygens (including phenoxy) is 5. The van der Waals surface area contributed by atoms with Crippen LogP contribution in [0.2, 0.25) is 5.02 Å². The fourth-order valence-electron chi connectivity index (χ4n) is 5.09. The van der Waals surface area contributed by atoms with Gasteiger partial charge in [-0.05, 0) is 36.7 Å². The minimum Gasteiger partial charge on any atom is -0.461 e. The number of nitrogens with zero attached hydrogens (tertiary/aromatic N) is 5. The molecule has 5 rings (SSSR count). The maximum Gasteiger partial charge on any atom is 0.418 e. The van der Waals surface area contributed by atoms with Crippen LogP contribution in [0.5, 0.6) is 0 Å². The van der Waals surface area contributed by atoms with E-state index in [0.717, 1.165) is 28.4 Å². The average molecular weight is 608 g/mol. The predicted molar refractivity (Wildman–Crippen MR) is 141 cm³/mol. The van der Waals surface area contributed by atoms with E-state index in [1.165, 1.54) is 13.2 Å². The van der Waals surface area contributed by atoms with Crippen LogP contribution in [0, 0.1) is 0 Å². The molecule has 0 radical (unpaired) electrons. The Bertz CT molecular complexity index is 1480. The number of carbonyl (C=O) groups is 1. The Labute approximate surface area is 242 Å². The number of fused-ring (bicyclic) bond motifs is 1. The quantitative estimate of drug-likeness (QED) is 0.140. The maximum atomic E-state index is 14.1. The number of hydrogen-bond acceptors (Lipinski definition) is 8. The molecule has 15 heteroatoms. The van der Waals surface area contributed by atoms with Crippen molar-refractivity contribution in [2.75, 3.05) is 20.3 Å². The Hall–Kier alpha value is -3.65. The first-order valence-corrected chi connectivity index (χ1v) is 13.2. The molecule has 2 aromatic carbocycles. The van der Waals surface area contributed by atoms with Gasteiger partial charge in [-0.15, -0.1) is 0 Å². The first-order valence-electron chi connectivity index (χ1n) is 12.8. The van der Waals surface area contributed by atoms with Crippen LogP contribution < -0.4 is 0 Å². The third-order valence-electron chi connectivity index (χ3n) is 6.89. The summed E-state index contributed by atoms with van der Waals surface area (Å²) in [4.78, 5) is 15.6. The number of aromatic nitrogens is 2. The zero-order valence-corrected chi connectivity index (χ0v) is 23.0. The second-order valence-electron chi connectivity index (χ2n) is 9.41. The molecule has 2 saturated heterocycles. The predicted octanol–water partition coefficient (Wildman–Crippen LogP) is 5.97. The summed E-state index contributed by atoms with van der Waals surface area (Å²) >= 11 is 6.11. The molecule has 2 aliphatic heterocycles. The van der Waals surface area contributed by atoms with E-state index in [1.54, 1.807) is 6.92 Å². The van der Waals surface area contributed by atoms with E-state index >= 15 is 0 Å². The lowest BCUT2D eigenvalue weighted by Crippen LogP contribution is -2.59. The van der Waals surface area contributed by atoms with Gasteiger partial charge in [0.15, 0.2) is 12.0 Å². The number of alkyl halides is 3. The topological polar surface area (TPSA) is 130 Å². The van der Waals surface area contributed by atoms with E-state index in [2.05, 4.69) is 15.1 Å². The van der Waals surface area contributed by atoms with Crippen molar-refractivity contribution >= 4 is 17.6 Å². The van der Waals surface area contributed by atoms with E-state index in [1.807, 2.05) is 30.3 Å². The molecule has 0 saturated carbocycles. The minimum absolute atomic E-state index is 0.000516. The molecular weight excluding hydrogens is 583 g/mol. The molecule has 0 N–H and O–H groups in total. The Morgan fingerprint density at radius 1 is 1.21 bits per heavy atom. The van der Waals surface area contributed by atoms with Crippen molar-refractivity contribution in [3.05, 3.63) is 92.6 Å². The number of benzene rings is 2. The van der Waals surface area contributed by atoms with Gasteiger partial charge in [-0.2, -0.15) is 18.3 Å². The van der Waals surface area contributed by atoms with Gasteiger partial charge in [0.05, 0.1) is 36.2 Å². The fraction of sp³-hybridized carbons (Fsp3) is 0.407.